The second-order valence-electron chi connectivity index (χ2n) is 4.78. The van der Waals surface area contributed by atoms with E-state index in [0.29, 0.717) is 5.92 Å². The van der Waals surface area contributed by atoms with Gasteiger partial charge in [0.05, 0.1) is 0 Å². The Morgan fingerprint density at radius 2 is 2.00 bits per heavy atom. The maximum absolute atomic E-state index is 2.43. The Morgan fingerprint density at radius 1 is 1.31 bits per heavy atom. The number of hydrogen-bond acceptors (Lipinski definition) is 0. The van der Waals surface area contributed by atoms with Crippen LogP contribution in [0.15, 0.2) is 43.8 Å². The van der Waals surface area contributed by atoms with Crippen molar-refractivity contribution in [2.45, 2.75) is 41.0 Å². The third-order valence-electron chi connectivity index (χ3n) is 2.37. The van der Waals surface area contributed by atoms with Crippen molar-refractivity contribution in [1.29, 1.82) is 0 Å². The van der Waals surface area contributed by atoms with Crippen molar-refractivity contribution in [2.24, 2.45) is 5.92 Å². The molecule has 0 aromatic heterocycles. The van der Waals surface area contributed by atoms with E-state index in [9.17, 15) is 0 Å². The van der Waals surface area contributed by atoms with Crippen molar-refractivity contribution in [3.8, 4) is 0 Å². The molecule has 0 N–H and O–H groups in total. The SMILES string of the molecule is CC(C)=CC(C)=[CH][Ru][C]1=C(C(C)C)C=CC1. The molecule has 0 aliphatic heterocycles. The molecular formula is C15H22Ru. The summed E-state index contributed by atoms with van der Waals surface area (Å²) in [5, 5.41) is 0. The van der Waals surface area contributed by atoms with Gasteiger partial charge in [-0.1, -0.05) is 0 Å². The monoisotopic (exact) mass is 304 g/mol. The molecule has 0 atom stereocenters. The summed E-state index contributed by atoms with van der Waals surface area (Å²) in [7, 11) is 0. The first-order chi connectivity index (χ1) is 7.50. The molecule has 0 fully saturated rings. The van der Waals surface area contributed by atoms with Crippen molar-refractivity contribution in [2.75, 3.05) is 0 Å². The number of hydrogen-bond donors (Lipinski definition) is 0. The molecule has 0 spiro atoms. The quantitative estimate of drug-likeness (QED) is 0.516. The summed E-state index contributed by atoms with van der Waals surface area (Å²) in [4.78, 5) is 0. The summed E-state index contributed by atoms with van der Waals surface area (Å²) >= 11 is 0.272. The number of rotatable bonds is 4. The van der Waals surface area contributed by atoms with E-state index in [4.69, 9.17) is 0 Å². The summed E-state index contributed by atoms with van der Waals surface area (Å²) in [5.74, 6) is 0.681. The van der Waals surface area contributed by atoms with Crippen molar-refractivity contribution in [3.63, 3.8) is 0 Å². The van der Waals surface area contributed by atoms with Crippen LogP contribution < -0.4 is 0 Å². The molecule has 0 unspecified atom stereocenters. The normalized spacial score (nSPS) is 16.5. The fourth-order valence-corrected chi connectivity index (χ4v) is 3.91. The molecule has 0 saturated carbocycles. The molecule has 16 heavy (non-hydrogen) atoms. The van der Waals surface area contributed by atoms with Gasteiger partial charge >= 0.3 is 108 Å². The second-order valence-corrected chi connectivity index (χ2v) is 6.83. The Bertz CT molecular complexity index is 361. The average Bonchev–Trinajstić information content (AvgIpc) is 2.61. The molecular weight excluding hydrogens is 281 g/mol. The standard InChI is InChI=1S/C8H11.C7H11.Ru/c1-7(2)8-5-3-4-6-8;1-6(2)5-7(3)4;/h3,5,7H,4H2,1-2H3;1,5H,2-4H3;. The minimum absolute atomic E-state index is 0.272. The molecule has 0 radical (unpaired) electrons. The first-order valence-corrected chi connectivity index (χ1v) is 7.70. The van der Waals surface area contributed by atoms with Crippen LogP contribution in [0.1, 0.15) is 41.0 Å². The van der Waals surface area contributed by atoms with E-state index in [0.717, 1.165) is 0 Å². The van der Waals surface area contributed by atoms with E-state index in [-0.39, 0.29) is 17.1 Å². The van der Waals surface area contributed by atoms with Crippen LogP contribution in [0.25, 0.3) is 0 Å². The van der Waals surface area contributed by atoms with E-state index < -0.39 is 0 Å². The predicted molar refractivity (Wildman–Crippen MR) is 68.8 cm³/mol. The van der Waals surface area contributed by atoms with Gasteiger partial charge in [0.2, 0.25) is 0 Å². The van der Waals surface area contributed by atoms with Crippen LogP contribution in [0.3, 0.4) is 0 Å². The Morgan fingerprint density at radius 3 is 2.56 bits per heavy atom. The van der Waals surface area contributed by atoms with Crippen molar-refractivity contribution in [1.82, 2.24) is 0 Å². The zero-order chi connectivity index (χ0) is 12.1. The van der Waals surface area contributed by atoms with Gasteiger partial charge in [-0.15, -0.1) is 0 Å². The predicted octanol–water partition coefficient (Wildman–Crippen LogP) is 4.81. The van der Waals surface area contributed by atoms with Gasteiger partial charge in [0.15, 0.2) is 0 Å². The average molecular weight is 303 g/mol. The maximum atomic E-state index is 2.43. The second kappa shape index (κ2) is 6.35. The summed E-state index contributed by atoms with van der Waals surface area (Å²) in [6.07, 6.45) is 8.08. The molecule has 1 rings (SSSR count). The molecule has 0 amide bonds. The van der Waals surface area contributed by atoms with Gasteiger partial charge in [-0.05, 0) is 0 Å². The van der Waals surface area contributed by atoms with E-state index in [1.165, 1.54) is 17.6 Å². The van der Waals surface area contributed by atoms with E-state index in [1.807, 2.05) is 0 Å². The van der Waals surface area contributed by atoms with Gasteiger partial charge in [0.1, 0.15) is 0 Å². The molecule has 0 aromatic carbocycles. The third kappa shape index (κ3) is 4.22. The third-order valence-corrected chi connectivity index (χ3v) is 4.87. The summed E-state index contributed by atoms with van der Waals surface area (Å²) < 4.78 is 4.12. The van der Waals surface area contributed by atoms with Gasteiger partial charge < -0.3 is 0 Å². The molecule has 1 aliphatic carbocycles. The minimum atomic E-state index is 0.272. The van der Waals surface area contributed by atoms with Gasteiger partial charge in [0.25, 0.3) is 0 Å². The van der Waals surface area contributed by atoms with Crippen LogP contribution in [0, 0.1) is 5.92 Å². The first-order valence-electron chi connectivity index (χ1n) is 5.82. The van der Waals surface area contributed by atoms with Gasteiger partial charge in [0, 0.05) is 0 Å². The molecule has 0 saturated heterocycles. The van der Waals surface area contributed by atoms with Crippen LogP contribution >= 0.6 is 0 Å². The van der Waals surface area contributed by atoms with E-state index in [2.05, 4.69) is 57.5 Å². The van der Waals surface area contributed by atoms with Crippen molar-refractivity contribution < 1.29 is 17.1 Å². The molecule has 0 bridgehead atoms. The summed E-state index contributed by atoms with van der Waals surface area (Å²) in [6, 6.07) is 0. The van der Waals surface area contributed by atoms with Crippen LogP contribution in [0.4, 0.5) is 0 Å². The Balaban J connectivity index is 2.69. The molecule has 0 nitrogen and oxygen atoms in total. The van der Waals surface area contributed by atoms with Gasteiger partial charge in [-0.25, -0.2) is 0 Å². The van der Waals surface area contributed by atoms with Crippen LogP contribution in [0.2, 0.25) is 0 Å². The molecule has 0 aromatic rings. The molecule has 90 valence electrons. The first kappa shape index (κ1) is 13.6. The van der Waals surface area contributed by atoms with Gasteiger partial charge in [-0.3, -0.25) is 0 Å². The topological polar surface area (TPSA) is 0 Å². The molecule has 1 heteroatoms. The fourth-order valence-electron chi connectivity index (χ4n) is 1.72. The Kier molecular flexibility index (Phi) is 5.42. The van der Waals surface area contributed by atoms with Crippen molar-refractivity contribution in [3.05, 3.63) is 43.8 Å². The van der Waals surface area contributed by atoms with Crippen LogP contribution in [-0.4, -0.2) is 0 Å². The van der Waals surface area contributed by atoms with Crippen LogP contribution in [-0.2, 0) is 17.1 Å². The van der Waals surface area contributed by atoms with Gasteiger partial charge in [-0.2, -0.15) is 0 Å². The van der Waals surface area contributed by atoms with E-state index >= 15 is 0 Å². The Labute approximate surface area is 108 Å². The Hall–Kier alpha value is -0.417. The van der Waals surface area contributed by atoms with Crippen molar-refractivity contribution >= 4 is 0 Å². The summed E-state index contributed by atoms with van der Waals surface area (Å²) in [5.41, 5.74) is 4.39. The zero-order valence-electron chi connectivity index (χ0n) is 10.9. The zero-order valence-corrected chi connectivity index (χ0v) is 12.7. The van der Waals surface area contributed by atoms with Crippen LogP contribution in [0.5, 0.6) is 0 Å². The molecule has 0 heterocycles. The van der Waals surface area contributed by atoms with E-state index in [1.54, 1.807) is 9.74 Å². The fraction of sp³-hybridized carbons (Fsp3) is 0.467. The summed E-state index contributed by atoms with van der Waals surface area (Å²) in [6.45, 7) is 11.1. The molecule has 1 aliphatic rings. The number of allylic oxidation sites excluding steroid dienone is 7.